The quantitative estimate of drug-likeness (QED) is 0.663. The molecule has 1 aromatic heterocycles. The lowest BCUT2D eigenvalue weighted by molar-refractivity contribution is 0.187. The molecule has 0 saturated carbocycles. The minimum absolute atomic E-state index is 0.463. The van der Waals surface area contributed by atoms with Crippen molar-refractivity contribution in [2.24, 2.45) is 0 Å². The van der Waals surface area contributed by atoms with Crippen LogP contribution in [0.1, 0.15) is 30.9 Å². The number of likely N-dealkylation sites (tertiary alicyclic amines) is 1. The maximum absolute atomic E-state index is 6.09. The molecule has 3 heteroatoms. The number of pyridine rings is 1. The normalized spacial score (nSPS) is 23.7. The van der Waals surface area contributed by atoms with Gasteiger partial charge in [-0.2, -0.15) is 0 Å². The Hall–Kier alpha value is -0.600. The number of hydrogen-bond donors (Lipinski definition) is 0. The standard InChI is InChI=1S/C11H15ClN2/c1-14-8-3-2-6-10(14)9-5-4-7-13-11(9)12/h4-5,7,10H,2-3,6,8H2,1H3/t10-/m1/s1. The van der Waals surface area contributed by atoms with Gasteiger partial charge in [0.1, 0.15) is 5.15 Å². The molecule has 1 aliphatic rings. The SMILES string of the molecule is CN1CCCC[C@@H]1c1cccnc1Cl. The van der Waals surface area contributed by atoms with Crippen molar-refractivity contribution in [1.29, 1.82) is 0 Å². The largest absolute Gasteiger partial charge is 0.299 e. The van der Waals surface area contributed by atoms with Crippen LogP contribution in [0.2, 0.25) is 5.15 Å². The van der Waals surface area contributed by atoms with Crippen molar-refractivity contribution in [2.45, 2.75) is 25.3 Å². The summed E-state index contributed by atoms with van der Waals surface area (Å²) in [6, 6.07) is 4.51. The second-order valence-corrected chi connectivity index (χ2v) is 4.23. The third kappa shape index (κ3) is 1.91. The number of rotatable bonds is 1. The molecular weight excluding hydrogens is 196 g/mol. The minimum atomic E-state index is 0.463. The Morgan fingerprint density at radius 1 is 1.50 bits per heavy atom. The lowest BCUT2D eigenvalue weighted by Crippen LogP contribution is -2.29. The highest BCUT2D eigenvalue weighted by Gasteiger charge is 2.22. The van der Waals surface area contributed by atoms with Crippen LogP contribution in [0.15, 0.2) is 18.3 Å². The summed E-state index contributed by atoms with van der Waals surface area (Å²) in [5.74, 6) is 0. The molecule has 1 aromatic rings. The van der Waals surface area contributed by atoms with Gasteiger partial charge in [0.25, 0.3) is 0 Å². The van der Waals surface area contributed by atoms with Gasteiger partial charge in [0.05, 0.1) is 0 Å². The molecule has 0 aliphatic carbocycles. The van der Waals surface area contributed by atoms with Gasteiger partial charge < -0.3 is 0 Å². The molecule has 0 aromatic carbocycles. The summed E-state index contributed by atoms with van der Waals surface area (Å²) < 4.78 is 0. The monoisotopic (exact) mass is 210 g/mol. The first kappa shape index (κ1) is 9.94. The van der Waals surface area contributed by atoms with Crippen molar-refractivity contribution < 1.29 is 0 Å². The summed E-state index contributed by atoms with van der Waals surface area (Å²) in [7, 11) is 2.16. The molecular formula is C11H15ClN2. The van der Waals surface area contributed by atoms with E-state index < -0.39 is 0 Å². The van der Waals surface area contributed by atoms with E-state index in [1.54, 1.807) is 6.20 Å². The molecule has 2 rings (SSSR count). The molecule has 2 nitrogen and oxygen atoms in total. The smallest absolute Gasteiger partial charge is 0.133 e. The minimum Gasteiger partial charge on any atom is -0.299 e. The van der Waals surface area contributed by atoms with Crippen LogP contribution in [-0.4, -0.2) is 23.5 Å². The zero-order valence-corrected chi connectivity index (χ0v) is 9.17. The third-order valence-corrected chi connectivity index (χ3v) is 3.23. The van der Waals surface area contributed by atoms with Gasteiger partial charge >= 0.3 is 0 Å². The highest BCUT2D eigenvalue weighted by molar-refractivity contribution is 6.30. The Bertz CT molecular complexity index is 314. The topological polar surface area (TPSA) is 16.1 Å². The van der Waals surface area contributed by atoms with E-state index in [2.05, 4.69) is 23.0 Å². The molecule has 0 N–H and O–H groups in total. The summed E-state index contributed by atoms with van der Waals surface area (Å²) in [5, 5.41) is 0.659. The number of aromatic nitrogens is 1. The van der Waals surface area contributed by atoms with Gasteiger partial charge in [0.15, 0.2) is 0 Å². The van der Waals surface area contributed by atoms with E-state index in [9.17, 15) is 0 Å². The molecule has 14 heavy (non-hydrogen) atoms. The van der Waals surface area contributed by atoms with Gasteiger partial charge in [-0.15, -0.1) is 0 Å². The van der Waals surface area contributed by atoms with Crippen molar-refractivity contribution in [2.75, 3.05) is 13.6 Å². The first-order chi connectivity index (χ1) is 6.79. The Balaban J connectivity index is 2.25. The van der Waals surface area contributed by atoms with E-state index in [1.807, 2.05) is 6.07 Å². The van der Waals surface area contributed by atoms with Crippen molar-refractivity contribution in [3.8, 4) is 0 Å². The number of hydrogen-bond acceptors (Lipinski definition) is 2. The summed E-state index contributed by atoms with van der Waals surface area (Å²) in [6.45, 7) is 1.16. The van der Waals surface area contributed by atoms with Gasteiger partial charge in [-0.25, -0.2) is 4.98 Å². The van der Waals surface area contributed by atoms with Crippen LogP contribution in [0.25, 0.3) is 0 Å². The Morgan fingerprint density at radius 3 is 3.07 bits per heavy atom. The predicted octanol–water partition coefficient (Wildman–Crippen LogP) is 2.89. The Morgan fingerprint density at radius 2 is 2.36 bits per heavy atom. The van der Waals surface area contributed by atoms with Crippen molar-refractivity contribution in [3.05, 3.63) is 29.0 Å². The lowest BCUT2D eigenvalue weighted by Gasteiger charge is -2.32. The molecule has 0 bridgehead atoms. The van der Waals surface area contributed by atoms with Crippen LogP contribution in [0.4, 0.5) is 0 Å². The molecule has 0 unspecified atom stereocenters. The molecule has 76 valence electrons. The van der Waals surface area contributed by atoms with E-state index >= 15 is 0 Å². The summed E-state index contributed by atoms with van der Waals surface area (Å²) in [6.07, 6.45) is 5.53. The average molecular weight is 211 g/mol. The van der Waals surface area contributed by atoms with Gasteiger partial charge in [-0.3, -0.25) is 4.90 Å². The van der Waals surface area contributed by atoms with E-state index in [1.165, 1.54) is 24.8 Å². The van der Waals surface area contributed by atoms with Crippen LogP contribution in [0, 0.1) is 0 Å². The molecule has 0 amide bonds. The number of halogens is 1. The number of nitrogens with zero attached hydrogens (tertiary/aromatic N) is 2. The van der Waals surface area contributed by atoms with Gasteiger partial charge in [0.2, 0.25) is 0 Å². The van der Waals surface area contributed by atoms with Gasteiger partial charge in [-0.1, -0.05) is 24.1 Å². The molecule has 1 aliphatic heterocycles. The summed E-state index contributed by atoms with van der Waals surface area (Å²) >= 11 is 6.09. The fourth-order valence-electron chi connectivity index (χ4n) is 2.12. The zero-order chi connectivity index (χ0) is 9.97. The van der Waals surface area contributed by atoms with Crippen LogP contribution in [0.3, 0.4) is 0 Å². The van der Waals surface area contributed by atoms with Crippen LogP contribution in [0.5, 0.6) is 0 Å². The molecule has 2 heterocycles. The fourth-order valence-corrected chi connectivity index (χ4v) is 2.36. The lowest BCUT2D eigenvalue weighted by atomic mass is 9.97. The fraction of sp³-hybridized carbons (Fsp3) is 0.545. The molecule has 1 fully saturated rings. The maximum Gasteiger partial charge on any atom is 0.133 e. The molecule has 1 atom stereocenters. The molecule has 0 spiro atoms. The first-order valence-electron chi connectivity index (χ1n) is 5.09. The summed E-state index contributed by atoms with van der Waals surface area (Å²) in [5.41, 5.74) is 1.18. The average Bonchev–Trinajstić information content (AvgIpc) is 2.20. The van der Waals surface area contributed by atoms with Crippen LogP contribution < -0.4 is 0 Å². The first-order valence-corrected chi connectivity index (χ1v) is 5.47. The molecule has 0 radical (unpaired) electrons. The van der Waals surface area contributed by atoms with Crippen molar-refractivity contribution in [1.82, 2.24) is 9.88 Å². The highest BCUT2D eigenvalue weighted by atomic mass is 35.5. The van der Waals surface area contributed by atoms with Crippen LogP contribution in [-0.2, 0) is 0 Å². The third-order valence-electron chi connectivity index (χ3n) is 2.92. The second-order valence-electron chi connectivity index (χ2n) is 3.88. The van der Waals surface area contributed by atoms with Crippen molar-refractivity contribution in [3.63, 3.8) is 0 Å². The van der Waals surface area contributed by atoms with E-state index in [4.69, 9.17) is 11.6 Å². The van der Waals surface area contributed by atoms with E-state index in [0.29, 0.717) is 11.2 Å². The zero-order valence-electron chi connectivity index (χ0n) is 8.41. The van der Waals surface area contributed by atoms with Gasteiger partial charge in [-0.05, 0) is 32.5 Å². The molecule has 1 saturated heterocycles. The van der Waals surface area contributed by atoms with E-state index in [-0.39, 0.29) is 0 Å². The van der Waals surface area contributed by atoms with Crippen LogP contribution >= 0.6 is 11.6 Å². The predicted molar refractivity (Wildman–Crippen MR) is 58.5 cm³/mol. The summed E-state index contributed by atoms with van der Waals surface area (Å²) in [4.78, 5) is 6.49. The Kier molecular flexibility index (Phi) is 3.04. The van der Waals surface area contributed by atoms with Crippen molar-refractivity contribution >= 4 is 11.6 Å². The van der Waals surface area contributed by atoms with E-state index in [0.717, 1.165) is 6.54 Å². The maximum atomic E-state index is 6.09. The highest BCUT2D eigenvalue weighted by Crippen LogP contribution is 2.32. The van der Waals surface area contributed by atoms with Gasteiger partial charge in [0, 0.05) is 17.8 Å². The Labute approximate surface area is 89.9 Å². The number of piperidine rings is 1. The second kappa shape index (κ2) is 4.28.